The zero-order valence-electron chi connectivity index (χ0n) is 16.4. The number of hydrogen-bond donors (Lipinski definition) is 0. The van der Waals surface area contributed by atoms with Crippen LogP contribution in [-0.2, 0) is 13.1 Å². The standard InChI is InChI=1S/C22H25N5O2/c28-22-10-19(18-2-1-7-23-11-18)25-15-27(22)13-16-5-8-26(9-6-16)14-21-24-12-20(29-21)17-3-4-17/h1-2,7,10-12,15-17H,3-6,8-9,13-14H2. The Bertz CT molecular complexity index is 1020. The SMILES string of the molecule is O=c1cc(-c2cccnc2)ncn1CC1CCN(Cc2ncc(C3CC3)o2)CC1. The second-order valence-corrected chi connectivity index (χ2v) is 8.16. The zero-order chi connectivity index (χ0) is 19.6. The second kappa shape index (κ2) is 7.91. The van der Waals surface area contributed by atoms with Crippen LogP contribution in [0.1, 0.15) is 43.3 Å². The summed E-state index contributed by atoms with van der Waals surface area (Å²) in [5, 5.41) is 0. The summed E-state index contributed by atoms with van der Waals surface area (Å²) in [4.78, 5) is 27.9. The predicted octanol–water partition coefficient (Wildman–Crippen LogP) is 3.08. The first kappa shape index (κ1) is 18.2. The molecule has 0 N–H and O–H groups in total. The Balaban J connectivity index is 1.16. The molecule has 0 aromatic carbocycles. The van der Waals surface area contributed by atoms with Crippen LogP contribution in [0.2, 0.25) is 0 Å². The van der Waals surface area contributed by atoms with Gasteiger partial charge in [0.05, 0.1) is 24.8 Å². The molecule has 2 fully saturated rings. The van der Waals surface area contributed by atoms with Gasteiger partial charge in [0.15, 0.2) is 0 Å². The Hall–Kier alpha value is -2.80. The van der Waals surface area contributed by atoms with Crippen molar-refractivity contribution in [2.45, 2.75) is 44.7 Å². The van der Waals surface area contributed by atoms with Crippen molar-refractivity contribution in [2.75, 3.05) is 13.1 Å². The van der Waals surface area contributed by atoms with Crippen LogP contribution in [0.4, 0.5) is 0 Å². The van der Waals surface area contributed by atoms with Crippen LogP contribution in [0.3, 0.4) is 0 Å². The van der Waals surface area contributed by atoms with E-state index in [2.05, 4.69) is 19.9 Å². The minimum Gasteiger partial charge on any atom is -0.444 e. The van der Waals surface area contributed by atoms with E-state index in [0.29, 0.717) is 17.5 Å². The van der Waals surface area contributed by atoms with Gasteiger partial charge in [-0.2, -0.15) is 0 Å². The van der Waals surface area contributed by atoms with Crippen molar-refractivity contribution in [3.8, 4) is 11.3 Å². The molecule has 0 atom stereocenters. The average Bonchev–Trinajstić information content (AvgIpc) is 3.51. The van der Waals surface area contributed by atoms with E-state index in [9.17, 15) is 4.79 Å². The minimum atomic E-state index is -0.00586. The summed E-state index contributed by atoms with van der Waals surface area (Å²) in [6.07, 6.45) is 11.6. The summed E-state index contributed by atoms with van der Waals surface area (Å²) in [5.41, 5.74) is 1.53. The van der Waals surface area contributed by atoms with E-state index in [4.69, 9.17) is 4.42 Å². The van der Waals surface area contributed by atoms with Gasteiger partial charge in [0.25, 0.3) is 5.56 Å². The van der Waals surface area contributed by atoms with Gasteiger partial charge in [-0.05, 0) is 56.8 Å². The molecule has 3 aromatic heterocycles. The first-order valence-corrected chi connectivity index (χ1v) is 10.4. The van der Waals surface area contributed by atoms with Gasteiger partial charge < -0.3 is 4.42 Å². The molecule has 4 heterocycles. The summed E-state index contributed by atoms with van der Waals surface area (Å²) in [6.45, 7) is 3.50. The first-order chi connectivity index (χ1) is 14.2. The molecule has 0 bridgehead atoms. The second-order valence-electron chi connectivity index (χ2n) is 8.16. The maximum Gasteiger partial charge on any atom is 0.253 e. The highest BCUT2D eigenvalue weighted by Crippen LogP contribution is 2.40. The molecule has 1 aliphatic heterocycles. The normalized spacial score (nSPS) is 18.2. The van der Waals surface area contributed by atoms with Gasteiger partial charge in [0, 0.05) is 36.5 Å². The van der Waals surface area contributed by atoms with Gasteiger partial charge in [-0.25, -0.2) is 9.97 Å². The monoisotopic (exact) mass is 391 g/mol. The molecule has 2 aliphatic rings. The third kappa shape index (κ3) is 4.29. The van der Waals surface area contributed by atoms with Gasteiger partial charge in [-0.3, -0.25) is 19.2 Å². The molecule has 1 saturated carbocycles. The van der Waals surface area contributed by atoms with Crippen LogP contribution < -0.4 is 5.56 Å². The molecule has 7 heteroatoms. The van der Waals surface area contributed by atoms with Crippen LogP contribution in [0.15, 0.2) is 52.3 Å². The van der Waals surface area contributed by atoms with Gasteiger partial charge in [-0.1, -0.05) is 0 Å². The number of pyridine rings is 1. The molecule has 150 valence electrons. The number of oxazole rings is 1. The summed E-state index contributed by atoms with van der Waals surface area (Å²) in [5.74, 6) is 2.98. The average molecular weight is 391 g/mol. The zero-order valence-corrected chi connectivity index (χ0v) is 16.4. The lowest BCUT2D eigenvalue weighted by atomic mass is 9.96. The van der Waals surface area contributed by atoms with Crippen LogP contribution >= 0.6 is 0 Å². The van der Waals surface area contributed by atoms with E-state index in [-0.39, 0.29) is 5.56 Å². The topological polar surface area (TPSA) is 77.1 Å². The summed E-state index contributed by atoms with van der Waals surface area (Å²) in [7, 11) is 0. The quantitative estimate of drug-likeness (QED) is 0.643. The highest BCUT2D eigenvalue weighted by atomic mass is 16.4. The summed E-state index contributed by atoms with van der Waals surface area (Å²) >= 11 is 0. The maximum absolute atomic E-state index is 12.5. The molecule has 0 amide bonds. The Labute approximate surface area is 169 Å². The highest BCUT2D eigenvalue weighted by Gasteiger charge is 2.28. The van der Waals surface area contributed by atoms with E-state index in [0.717, 1.165) is 56.2 Å². The van der Waals surface area contributed by atoms with Crippen molar-refractivity contribution in [2.24, 2.45) is 5.92 Å². The van der Waals surface area contributed by atoms with Crippen molar-refractivity contribution in [1.82, 2.24) is 24.4 Å². The molecule has 0 spiro atoms. The van der Waals surface area contributed by atoms with Gasteiger partial charge >= 0.3 is 0 Å². The predicted molar refractivity (Wildman–Crippen MR) is 108 cm³/mol. The minimum absolute atomic E-state index is 0.00586. The van der Waals surface area contributed by atoms with E-state index in [1.807, 2.05) is 18.3 Å². The molecule has 7 nitrogen and oxygen atoms in total. The number of piperidine rings is 1. The van der Waals surface area contributed by atoms with Crippen LogP contribution in [0, 0.1) is 5.92 Å². The fourth-order valence-electron chi connectivity index (χ4n) is 3.99. The van der Waals surface area contributed by atoms with Gasteiger partial charge in [0.2, 0.25) is 5.89 Å². The Kier molecular flexibility index (Phi) is 4.97. The summed E-state index contributed by atoms with van der Waals surface area (Å²) < 4.78 is 7.62. The van der Waals surface area contributed by atoms with E-state index < -0.39 is 0 Å². The molecule has 5 rings (SSSR count). The molecule has 3 aromatic rings. The van der Waals surface area contributed by atoms with E-state index in [1.165, 1.54) is 12.8 Å². The molecule has 0 unspecified atom stereocenters. The van der Waals surface area contributed by atoms with Gasteiger partial charge in [-0.15, -0.1) is 0 Å². The van der Waals surface area contributed by atoms with Crippen LogP contribution in [-0.4, -0.2) is 37.5 Å². The fraction of sp³-hybridized carbons (Fsp3) is 0.455. The number of likely N-dealkylation sites (tertiary alicyclic amines) is 1. The Morgan fingerprint density at radius 3 is 2.69 bits per heavy atom. The van der Waals surface area contributed by atoms with Crippen molar-refractivity contribution >= 4 is 0 Å². The lowest BCUT2D eigenvalue weighted by Crippen LogP contribution is -2.36. The van der Waals surface area contributed by atoms with Crippen molar-refractivity contribution in [3.05, 3.63) is 65.1 Å². The molecule has 0 radical (unpaired) electrons. The Morgan fingerprint density at radius 1 is 1.10 bits per heavy atom. The maximum atomic E-state index is 12.5. The number of rotatable bonds is 6. The fourth-order valence-corrected chi connectivity index (χ4v) is 3.99. The van der Waals surface area contributed by atoms with Crippen LogP contribution in [0.25, 0.3) is 11.3 Å². The smallest absolute Gasteiger partial charge is 0.253 e. The number of hydrogen-bond acceptors (Lipinski definition) is 6. The van der Waals surface area contributed by atoms with Crippen molar-refractivity contribution in [1.29, 1.82) is 0 Å². The lowest BCUT2D eigenvalue weighted by Gasteiger charge is -2.31. The van der Waals surface area contributed by atoms with Crippen molar-refractivity contribution < 1.29 is 4.42 Å². The van der Waals surface area contributed by atoms with E-state index >= 15 is 0 Å². The lowest BCUT2D eigenvalue weighted by molar-refractivity contribution is 0.153. The highest BCUT2D eigenvalue weighted by molar-refractivity contribution is 5.56. The Morgan fingerprint density at radius 2 is 1.97 bits per heavy atom. The van der Waals surface area contributed by atoms with Gasteiger partial charge in [0.1, 0.15) is 5.76 Å². The molecular weight excluding hydrogens is 366 g/mol. The van der Waals surface area contributed by atoms with E-state index in [1.54, 1.807) is 29.4 Å². The van der Waals surface area contributed by atoms with Crippen LogP contribution in [0.5, 0.6) is 0 Å². The summed E-state index contributed by atoms with van der Waals surface area (Å²) in [6, 6.07) is 5.36. The molecule has 1 saturated heterocycles. The molecule has 29 heavy (non-hydrogen) atoms. The number of aromatic nitrogens is 4. The third-order valence-corrected chi connectivity index (χ3v) is 5.91. The first-order valence-electron chi connectivity index (χ1n) is 10.4. The largest absolute Gasteiger partial charge is 0.444 e. The number of nitrogens with zero attached hydrogens (tertiary/aromatic N) is 5. The third-order valence-electron chi connectivity index (χ3n) is 5.91. The molecule has 1 aliphatic carbocycles. The molecular formula is C22H25N5O2. The van der Waals surface area contributed by atoms with Crippen molar-refractivity contribution in [3.63, 3.8) is 0 Å².